The summed E-state index contributed by atoms with van der Waals surface area (Å²) in [6.45, 7) is 0. The Kier molecular flexibility index (Phi) is 18.5. The maximum absolute atomic E-state index is 6.66. The third-order valence-electron chi connectivity index (χ3n) is 27.4. The van der Waals surface area contributed by atoms with Crippen molar-refractivity contribution in [1.82, 2.24) is 9.13 Å². The number of furan rings is 2. The first kappa shape index (κ1) is 77.3. The lowest BCUT2D eigenvalue weighted by Crippen LogP contribution is -2.10. The lowest BCUT2D eigenvalue weighted by atomic mass is 9.96. The van der Waals surface area contributed by atoms with Gasteiger partial charge >= 0.3 is 0 Å². The van der Waals surface area contributed by atoms with Crippen LogP contribution in [0.15, 0.2) is 506 Å². The number of hydrogen-bond donors (Lipinski definition) is 0. The van der Waals surface area contributed by atoms with Gasteiger partial charge in [0.05, 0.1) is 22.1 Å². The molecule has 0 aliphatic rings. The van der Waals surface area contributed by atoms with Crippen LogP contribution >= 0.6 is 0 Å². The molecule has 0 radical (unpaired) electrons. The molecule has 0 fully saturated rings. The molecule has 4 heterocycles. The average Bonchev–Trinajstić information content (AvgIpc) is 1.60. The van der Waals surface area contributed by atoms with Gasteiger partial charge in [-0.2, -0.15) is 0 Å². The largest absolute Gasteiger partial charge is 0.456 e. The molecule has 0 saturated heterocycles. The van der Waals surface area contributed by atoms with Crippen LogP contribution in [0.4, 0.5) is 34.1 Å². The smallest absolute Gasteiger partial charge is 0.136 e. The summed E-state index contributed by atoms with van der Waals surface area (Å²) in [7, 11) is 0. The van der Waals surface area contributed by atoms with Crippen molar-refractivity contribution in [3.63, 3.8) is 0 Å². The van der Waals surface area contributed by atoms with Gasteiger partial charge < -0.3 is 27.8 Å². The van der Waals surface area contributed by atoms with Crippen molar-refractivity contribution in [2.24, 2.45) is 0 Å². The number of nitrogens with zero attached hydrogens (tertiary/aromatic N) is 4. The molecule has 0 N–H and O–H groups in total. The number of aromatic nitrogens is 2. The summed E-state index contributed by atoms with van der Waals surface area (Å²) >= 11 is 0. The van der Waals surface area contributed by atoms with Crippen LogP contribution in [0.5, 0.6) is 0 Å². The van der Waals surface area contributed by atoms with E-state index >= 15 is 0 Å². The molecule has 0 aliphatic carbocycles. The zero-order valence-corrected chi connectivity index (χ0v) is 72.9. The second-order valence-electron chi connectivity index (χ2n) is 35.1. The Bertz CT molecular complexity index is 8930. The van der Waals surface area contributed by atoms with Crippen LogP contribution in [-0.4, -0.2) is 9.13 Å². The molecule has 0 bridgehead atoms. The molecule has 6 heteroatoms. The monoisotopic (exact) mass is 1710 g/mol. The SMILES string of the molecule is c1ccc2c(-c3ccc(-c4ccc(N(c5ccc(-c6ccc(-c7ccc8c(c7)oc7ccc(-c9ccc%10cc(-c%11ccc(-c%12ccc(N(c%13ccc(-c%14ccc(-c%15ccc%16c(c%15)oc%15ccccc%15%16)cc%14)cc%13)c%13ccc(-n%14c%15ccccc%15c%15ccccc%15%14)cc%13)cc%12)cc%11)ccc%10c9)cc78)cc6)cc5)c5ccc(-n6c7ccccc7c7ccccc76)cc5)cc4)cc3)cccc2c1. The molecule has 26 aromatic rings. The van der Waals surface area contributed by atoms with Crippen molar-refractivity contribution >= 4 is 143 Å². The first-order valence-corrected chi connectivity index (χ1v) is 45.9. The summed E-state index contributed by atoms with van der Waals surface area (Å²) in [5.74, 6) is 0. The second kappa shape index (κ2) is 32.1. The molecule has 4 aromatic heterocycles. The molecule has 0 atom stereocenters. The number of benzene rings is 22. The van der Waals surface area contributed by atoms with Crippen LogP contribution in [0, 0.1) is 0 Å². The number of hydrogen-bond acceptors (Lipinski definition) is 4. The highest BCUT2D eigenvalue weighted by atomic mass is 16.3. The summed E-state index contributed by atoms with van der Waals surface area (Å²) in [6, 6.07) is 181. The molecular weight excluding hydrogens is 1630 g/mol. The maximum atomic E-state index is 6.66. The number of rotatable bonds is 17. The van der Waals surface area contributed by atoms with E-state index in [0.29, 0.717) is 0 Å². The maximum Gasteiger partial charge on any atom is 0.136 e. The molecule has 0 saturated carbocycles. The van der Waals surface area contributed by atoms with E-state index in [2.05, 4.69) is 504 Å². The standard InChI is InChI=1S/C128H82N4O2/c1-2-16-111-94(14-1)15-13-22-112(111)95-42-40-86(41-43-95)90-54-65-106(66-55-90)130(108-69-73-110(74-70-108)132-123-25-10-5-19-115(123)116-20-6-11-26-124(116)132)105-63-52-89(53-64-105)85-32-38-93(39-33-85)102-57-76-119-120-80-100(58-77-126(120)134-128(119)82-102)99-47-46-97-78-96(44-45-98(97)79-99)91-34-28-83(29-35-91)87-48-59-103(60-49-87)129(107-67-71-109(72-68-107)131-121-23-8-3-17-113(121)114-18-4-9-24-122(114)131)104-61-50-88(51-62-104)84-30-36-92(37-31-84)101-56-75-118-117-21-7-12-27-125(117)133-127(118)81-101/h1-82H. The van der Waals surface area contributed by atoms with Crippen molar-refractivity contribution in [2.45, 2.75) is 0 Å². The molecule has 0 spiro atoms. The molecule has 6 nitrogen and oxygen atoms in total. The Morgan fingerprint density at radius 3 is 0.791 bits per heavy atom. The van der Waals surface area contributed by atoms with Gasteiger partial charge in [-0.3, -0.25) is 0 Å². The average molecular weight is 1710 g/mol. The van der Waals surface area contributed by atoms with Crippen molar-refractivity contribution in [3.05, 3.63) is 497 Å². The Morgan fingerprint density at radius 2 is 0.396 bits per heavy atom. The summed E-state index contributed by atoms with van der Waals surface area (Å²) in [4.78, 5) is 4.72. The van der Waals surface area contributed by atoms with Gasteiger partial charge in [0.15, 0.2) is 0 Å². The first-order chi connectivity index (χ1) is 66.3. The van der Waals surface area contributed by atoms with Gasteiger partial charge in [-0.1, -0.05) is 322 Å². The minimum Gasteiger partial charge on any atom is -0.456 e. The quantitative estimate of drug-likeness (QED) is 0.0911. The van der Waals surface area contributed by atoms with Gasteiger partial charge in [-0.25, -0.2) is 0 Å². The fourth-order valence-electron chi connectivity index (χ4n) is 20.5. The normalized spacial score (nSPS) is 11.7. The van der Waals surface area contributed by atoms with E-state index in [-0.39, 0.29) is 0 Å². The minimum absolute atomic E-state index is 0.864. The lowest BCUT2D eigenvalue weighted by molar-refractivity contribution is 0.668. The Hall–Kier alpha value is -17.8. The van der Waals surface area contributed by atoms with Gasteiger partial charge in [-0.15, -0.1) is 0 Å². The van der Waals surface area contributed by atoms with Crippen molar-refractivity contribution < 1.29 is 8.83 Å². The molecule has 626 valence electrons. The first-order valence-electron chi connectivity index (χ1n) is 45.9. The highest BCUT2D eigenvalue weighted by Crippen LogP contribution is 2.46. The molecule has 26 rings (SSSR count). The van der Waals surface area contributed by atoms with Gasteiger partial charge in [0.2, 0.25) is 0 Å². The third kappa shape index (κ3) is 13.7. The summed E-state index contributed by atoms with van der Waals surface area (Å²) in [5.41, 5.74) is 37.7. The molecular formula is C128H82N4O2. The fourth-order valence-corrected chi connectivity index (χ4v) is 20.5. The van der Waals surface area contributed by atoms with E-state index in [9.17, 15) is 0 Å². The Labute approximate surface area is 774 Å². The van der Waals surface area contributed by atoms with Gasteiger partial charge in [0, 0.05) is 88.6 Å². The lowest BCUT2D eigenvalue weighted by Gasteiger charge is -2.26. The predicted molar refractivity (Wildman–Crippen MR) is 563 cm³/mol. The molecule has 0 amide bonds. The fraction of sp³-hybridized carbons (Fsp3) is 0. The van der Waals surface area contributed by atoms with E-state index in [0.717, 1.165) is 162 Å². The minimum atomic E-state index is 0.864. The van der Waals surface area contributed by atoms with E-state index in [1.54, 1.807) is 0 Å². The Morgan fingerprint density at radius 1 is 0.142 bits per heavy atom. The highest BCUT2D eigenvalue weighted by Gasteiger charge is 2.22. The van der Waals surface area contributed by atoms with Crippen molar-refractivity contribution in [3.8, 4) is 112 Å². The van der Waals surface area contributed by atoms with E-state index in [1.807, 2.05) is 12.1 Å². The van der Waals surface area contributed by atoms with Crippen LogP contribution in [0.2, 0.25) is 0 Å². The van der Waals surface area contributed by atoms with E-state index in [1.165, 1.54) is 93.0 Å². The molecule has 0 aliphatic heterocycles. The number of fused-ring (bicyclic) bond motifs is 14. The van der Waals surface area contributed by atoms with Crippen molar-refractivity contribution in [1.29, 1.82) is 0 Å². The summed E-state index contributed by atoms with van der Waals surface area (Å²) < 4.78 is 17.7. The zero-order valence-electron chi connectivity index (χ0n) is 72.9. The van der Waals surface area contributed by atoms with Crippen LogP contribution < -0.4 is 9.80 Å². The van der Waals surface area contributed by atoms with E-state index in [4.69, 9.17) is 8.83 Å². The number of para-hydroxylation sites is 5. The van der Waals surface area contributed by atoms with Crippen molar-refractivity contribution in [2.75, 3.05) is 9.80 Å². The third-order valence-corrected chi connectivity index (χ3v) is 27.4. The molecule has 134 heavy (non-hydrogen) atoms. The van der Waals surface area contributed by atoms with E-state index < -0.39 is 0 Å². The summed E-state index contributed by atoms with van der Waals surface area (Å²) in [6.07, 6.45) is 0. The second-order valence-corrected chi connectivity index (χ2v) is 35.1. The molecule has 22 aromatic carbocycles. The van der Waals surface area contributed by atoms with Crippen LogP contribution in [-0.2, 0) is 0 Å². The number of anilines is 6. The van der Waals surface area contributed by atoms with Crippen LogP contribution in [0.25, 0.3) is 221 Å². The topological polar surface area (TPSA) is 42.6 Å². The van der Waals surface area contributed by atoms with Crippen LogP contribution in [0.1, 0.15) is 0 Å². The molecule has 0 unspecified atom stereocenters. The predicted octanol–water partition coefficient (Wildman–Crippen LogP) is 35.9. The summed E-state index contributed by atoms with van der Waals surface area (Å²) in [5, 5.41) is 14.3. The van der Waals surface area contributed by atoms with Crippen LogP contribution in [0.3, 0.4) is 0 Å². The van der Waals surface area contributed by atoms with Gasteiger partial charge in [-0.05, 0) is 298 Å². The van der Waals surface area contributed by atoms with Gasteiger partial charge in [0.1, 0.15) is 22.3 Å². The highest BCUT2D eigenvalue weighted by molar-refractivity contribution is 6.12. The Balaban J connectivity index is 0.437. The zero-order chi connectivity index (χ0) is 88.3. The van der Waals surface area contributed by atoms with Gasteiger partial charge in [0.25, 0.3) is 0 Å².